The van der Waals surface area contributed by atoms with Gasteiger partial charge in [0.25, 0.3) is 5.56 Å². The molecule has 31 heavy (non-hydrogen) atoms. The molecular weight excluding hydrogens is 437 g/mol. The molecule has 1 saturated heterocycles. The molecule has 0 bridgehead atoms. The summed E-state index contributed by atoms with van der Waals surface area (Å²) >= 11 is 1.59. The number of amides is 1. The van der Waals surface area contributed by atoms with Gasteiger partial charge in [-0.3, -0.25) is 14.4 Å². The van der Waals surface area contributed by atoms with Crippen molar-refractivity contribution in [1.82, 2.24) is 20.7 Å². The summed E-state index contributed by atoms with van der Waals surface area (Å²) in [6.45, 7) is 3.12. The van der Waals surface area contributed by atoms with Crippen LogP contribution in [-0.4, -0.2) is 46.8 Å². The summed E-state index contributed by atoms with van der Waals surface area (Å²) in [7, 11) is 0. The van der Waals surface area contributed by atoms with E-state index in [1.807, 2.05) is 5.38 Å². The van der Waals surface area contributed by atoms with Gasteiger partial charge in [-0.15, -0.1) is 11.3 Å². The Morgan fingerprint density at radius 1 is 1.42 bits per heavy atom. The molecule has 0 aromatic carbocycles. The highest BCUT2D eigenvalue weighted by Gasteiger charge is 2.37. The molecule has 0 radical (unpaired) electrons. The first-order valence-corrected chi connectivity index (χ1v) is 10.6. The first-order valence-electron chi connectivity index (χ1n) is 9.70. The molecule has 1 aliphatic rings. The van der Waals surface area contributed by atoms with Gasteiger partial charge in [-0.2, -0.15) is 18.3 Å². The number of aromatic nitrogens is 3. The van der Waals surface area contributed by atoms with E-state index >= 15 is 0 Å². The quantitative estimate of drug-likeness (QED) is 0.519. The average Bonchev–Trinajstić information content (AvgIpc) is 3.22. The number of nitrogens with zero attached hydrogens (tertiary/aromatic N) is 3. The minimum atomic E-state index is -4.83. The van der Waals surface area contributed by atoms with E-state index in [2.05, 4.69) is 25.8 Å². The van der Waals surface area contributed by atoms with Crippen molar-refractivity contribution < 1.29 is 22.8 Å². The minimum absolute atomic E-state index is 0.0989. The third kappa shape index (κ3) is 6.40. The number of carbonyl (C=O) groups is 1. The predicted molar refractivity (Wildman–Crippen MR) is 109 cm³/mol. The highest BCUT2D eigenvalue weighted by Crippen LogP contribution is 2.31. The van der Waals surface area contributed by atoms with Crippen LogP contribution in [0.25, 0.3) is 0 Å². The van der Waals surface area contributed by atoms with E-state index in [1.165, 1.54) is 0 Å². The fourth-order valence-corrected chi connectivity index (χ4v) is 4.04. The van der Waals surface area contributed by atoms with E-state index in [0.29, 0.717) is 6.42 Å². The first kappa shape index (κ1) is 23.0. The molecule has 2 aromatic heterocycles. The van der Waals surface area contributed by atoms with Crippen LogP contribution in [0, 0.1) is 5.92 Å². The van der Waals surface area contributed by atoms with E-state index in [4.69, 9.17) is 4.84 Å². The Bertz CT molecular complexity index is 913. The maximum Gasteiger partial charge on any atom is 0.423 e. The smallest absolute Gasteiger partial charge is 0.378 e. The van der Waals surface area contributed by atoms with Crippen LogP contribution in [0.2, 0.25) is 0 Å². The van der Waals surface area contributed by atoms with Gasteiger partial charge in [-0.1, -0.05) is 0 Å². The van der Waals surface area contributed by atoms with E-state index in [-0.39, 0.29) is 18.4 Å². The second-order valence-corrected chi connectivity index (χ2v) is 8.19. The lowest BCUT2D eigenvalue weighted by molar-refractivity contribution is -0.138. The van der Waals surface area contributed by atoms with Gasteiger partial charge in [0.1, 0.15) is 5.56 Å². The van der Waals surface area contributed by atoms with Crippen molar-refractivity contribution in [3.63, 3.8) is 0 Å². The van der Waals surface area contributed by atoms with Crippen LogP contribution in [-0.2, 0) is 15.8 Å². The Labute approximate surface area is 180 Å². The van der Waals surface area contributed by atoms with E-state index in [0.717, 1.165) is 37.3 Å². The van der Waals surface area contributed by atoms with Gasteiger partial charge in [0, 0.05) is 37.1 Å². The number of hydrogen-bond donors (Lipinski definition) is 3. The van der Waals surface area contributed by atoms with Gasteiger partial charge < -0.3 is 10.2 Å². The van der Waals surface area contributed by atoms with E-state index in [9.17, 15) is 22.8 Å². The summed E-state index contributed by atoms with van der Waals surface area (Å²) < 4.78 is 39.2. The second kappa shape index (κ2) is 10.1. The van der Waals surface area contributed by atoms with Crippen molar-refractivity contribution in [3.8, 4) is 0 Å². The minimum Gasteiger partial charge on any atom is -0.378 e. The molecular formula is C18H23F3N6O3S. The molecule has 1 fully saturated rings. The van der Waals surface area contributed by atoms with Crippen molar-refractivity contribution >= 4 is 28.1 Å². The number of hydrogen-bond acceptors (Lipinski definition) is 8. The molecule has 1 amide bonds. The van der Waals surface area contributed by atoms with Crippen molar-refractivity contribution in [3.05, 3.63) is 33.7 Å². The fourth-order valence-electron chi connectivity index (χ4n) is 3.35. The third-order valence-corrected chi connectivity index (χ3v) is 5.67. The third-order valence-electron chi connectivity index (χ3n) is 4.84. The van der Waals surface area contributed by atoms with Crippen LogP contribution >= 0.6 is 11.3 Å². The van der Waals surface area contributed by atoms with Gasteiger partial charge in [-0.25, -0.2) is 15.6 Å². The zero-order chi connectivity index (χ0) is 22.4. The number of piperidine rings is 1. The lowest BCUT2D eigenvalue weighted by Crippen LogP contribution is -2.36. The molecule has 1 atom stereocenters. The molecule has 3 rings (SSSR count). The highest BCUT2D eigenvalue weighted by molar-refractivity contribution is 7.13. The SMILES string of the molecule is CC(CONC(=O)CC1CCN(c2nccs2)CC1)Nc1cn[nH]c(=O)c1C(F)(F)F. The molecule has 9 nitrogen and oxygen atoms in total. The van der Waals surface area contributed by atoms with Gasteiger partial charge in [-0.05, 0) is 25.7 Å². The predicted octanol–water partition coefficient (Wildman–Crippen LogP) is 2.40. The number of anilines is 2. The monoisotopic (exact) mass is 460 g/mol. The summed E-state index contributed by atoms with van der Waals surface area (Å²) in [6.07, 6.45) is -0.144. The number of thiazole rings is 1. The fraction of sp³-hybridized carbons (Fsp3) is 0.556. The van der Waals surface area contributed by atoms with Crippen molar-refractivity contribution in [2.75, 3.05) is 29.9 Å². The van der Waals surface area contributed by atoms with Crippen molar-refractivity contribution in [1.29, 1.82) is 0 Å². The van der Waals surface area contributed by atoms with Gasteiger partial charge in [0.15, 0.2) is 5.13 Å². The Morgan fingerprint density at radius 2 is 2.16 bits per heavy atom. The Balaban J connectivity index is 1.39. The lowest BCUT2D eigenvalue weighted by atomic mass is 9.93. The summed E-state index contributed by atoms with van der Waals surface area (Å²) in [5, 5.41) is 10.6. The normalized spacial score (nSPS) is 16.2. The van der Waals surface area contributed by atoms with E-state index < -0.39 is 29.0 Å². The summed E-state index contributed by atoms with van der Waals surface area (Å²) in [4.78, 5) is 35.2. The Morgan fingerprint density at radius 3 is 2.81 bits per heavy atom. The second-order valence-electron chi connectivity index (χ2n) is 7.32. The number of carbonyl (C=O) groups excluding carboxylic acids is 1. The molecule has 170 valence electrons. The number of aromatic amines is 1. The van der Waals surface area contributed by atoms with Crippen LogP contribution in [0.15, 0.2) is 22.6 Å². The molecule has 13 heteroatoms. The molecule has 1 unspecified atom stereocenters. The number of alkyl halides is 3. The van der Waals surface area contributed by atoms with Gasteiger partial charge in [0.2, 0.25) is 5.91 Å². The molecule has 0 aliphatic carbocycles. The van der Waals surface area contributed by atoms with Crippen LogP contribution < -0.4 is 21.3 Å². The molecule has 1 aliphatic heterocycles. The number of rotatable bonds is 8. The Hall–Kier alpha value is -2.67. The van der Waals surface area contributed by atoms with E-state index in [1.54, 1.807) is 29.6 Å². The molecule has 3 heterocycles. The molecule has 2 aromatic rings. The first-order chi connectivity index (χ1) is 14.7. The van der Waals surface area contributed by atoms with Crippen LogP contribution in [0.1, 0.15) is 31.7 Å². The number of hydroxylamine groups is 1. The molecule has 0 spiro atoms. The zero-order valence-corrected chi connectivity index (χ0v) is 17.6. The zero-order valence-electron chi connectivity index (χ0n) is 16.7. The number of nitrogens with one attached hydrogen (secondary N) is 3. The summed E-state index contributed by atoms with van der Waals surface area (Å²) in [6, 6.07) is -0.619. The number of halogens is 3. The van der Waals surface area contributed by atoms with Crippen LogP contribution in [0.5, 0.6) is 0 Å². The number of H-pyrrole nitrogens is 1. The van der Waals surface area contributed by atoms with Gasteiger partial charge in [0.05, 0.1) is 18.5 Å². The summed E-state index contributed by atoms with van der Waals surface area (Å²) in [5.74, 6) is -0.0551. The van der Waals surface area contributed by atoms with Crippen LogP contribution in [0.4, 0.5) is 24.0 Å². The van der Waals surface area contributed by atoms with Crippen molar-refractivity contribution in [2.45, 2.75) is 38.4 Å². The van der Waals surface area contributed by atoms with Crippen LogP contribution in [0.3, 0.4) is 0 Å². The Kier molecular flexibility index (Phi) is 7.49. The molecule has 3 N–H and O–H groups in total. The maximum absolute atomic E-state index is 13.1. The van der Waals surface area contributed by atoms with Gasteiger partial charge >= 0.3 is 6.18 Å². The lowest BCUT2D eigenvalue weighted by Gasteiger charge is -2.31. The maximum atomic E-state index is 13.1. The average molecular weight is 460 g/mol. The molecule has 0 saturated carbocycles. The highest BCUT2D eigenvalue weighted by atomic mass is 32.1. The standard InChI is InChI=1S/C18H23F3N6O3S/c1-11(24-13-9-23-25-16(29)15(13)18(19,20)21)10-30-26-14(28)8-12-2-5-27(6-3-12)17-22-4-7-31-17/h4,7,9,11-12H,2-3,5-6,8,10H2,1H3,(H,26,28)(H2,24,25,29). The largest absolute Gasteiger partial charge is 0.423 e. The summed E-state index contributed by atoms with van der Waals surface area (Å²) in [5.41, 5.74) is -0.812. The topological polar surface area (TPSA) is 112 Å². The van der Waals surface area contributed by atoms with Crippen molar-refractivity contribution in [2.24, 2.45) is 5.92 Å².